The van der Waals surface area contributed by atoms with Gasteiger partial charge in [0.1, 0.15) is 0 Å². The maximum atomic E-state index is 11.7. The standard InChI is InChI=1S/C23H35NO/c1-4-6-7-8-9-10-19-11-13-20(14-12-19)21-15-17-22(18-16-21)24(3)23(25)5-2/h5,15-20H,2,4,6-14H2,1,3H3. The van der Waals surface area contributed by atoms with Crippen LogP contribution in [-0.2, 0) is 4.79 Å². The molecule has 1 amide bonds. The minimum atomic E-state index is -0.0628. The van der Waals surface area contributed by atoms with Gasteiger partial charge in [-0.1, -0.05) is 64.2 Å². The summed E-state index contributed by atoms with van der Waals surface area (Å²) in [6.07, 6.45) is 15.2. The van der Waals surface area contributed by atoms with Crippen molar-refractivity contribution < 1.29 is 4.79 Å². The van der Waals surface area contributed by atoms with Gasteiger partial charge in [0.2, 0.25) is 5.91 Å². The highest BCUT2D eigenvalue weighted by Crippen LogP contribution is 2.38. The largest absolute Gasteiger partial charge is 0.312 e. The molecule has 25 heavy (non-hydrogen) atoms. The van der Waals surface area contributed by atoms with Crippen LogP contribution in [0.3, 0.4) is 0 Å². The predicted molar refractivity (Wildman–Crippen MR) is 108 cm³/mol. The Morgan fingerprint density at radius 1 is 1.08 bits per heavy atom. The van der Waals surface area contributed by atoms with Crippen molar-refractivity contribution in [3.05, 3.63) is 42.5 Å². The summed E-state index contributed by atoms with van der Waals surface area (Å²) in [5.41, 5.74) is 2.37. The van der Waals surface area contributed by atoms with Crippen LogP contribution >= 0.6 is 0 Å². The highest BCUT2D eigenvalue weighted by molar-refractivity contribution is 6.00. The number of rotatable bonds is 9. The summed E-state index contributed by atoms with van der Waals surface area (Å²) in [4.78, 5) is 13.3. The molecule has 0 spiro atoms. The molecule has 0 aromatic heterocycles. The molecule has 0 aliphatic heterocycles. The lowest BCUT2D eigenvalue weighted by atomic mass is 9.77. The Labute approximate surface area is 154 Å². The Kier molecular flexibility index (Phi) is 8.24. The van der Waals surface area contributed by atoms with Crippen LogP contribution in [0, 0.1) is 5.92 Å². The van der Waals surface area contributed by atoms with E-state index in [0.29, 0.717) is 5.92 Å². The average molecular weight is 342 g/mol. The van der Waals surface area contributed by atoms with Crippen LogP contribution in [0.15, 0.2) is 36.9 Å². The van der Waals surface area contributed by atoms with Gasteiger partial charge in [-0.05, 0) is 61.3 Å². The van der Waals surface area contributed by atoms with Crippen LogP contribution in [0.2, 0.25) is 0 Å². The second-order valence-electron chi connectivity index (χ2n) is 7.61. The van der Waals surface area contributed by atoms with E-state index < -0.39 is 0 Å². The van der Waals surface area contributed by atoms with Gasteiger partial charge in [0.05, 0.1) is 0 Å². The molecule has 0 radical (unpaired) electrons. The molecule has 0 unspecified atom stereocenters. The molecule has 0 heterocycles. The first-order chi connectivity index (χ1) is 12.2. The highest BCUT2D eigenvalue weighted by Gasteiger charge is 2.22. The molecule has 0 saturated heterocycles. The van der Waals surface area contributed by atoms with Crippen molar-refractivity contribution in [2.75, 3.05) is 11.9 Å². The molecule has 0 N–H and O–H groups in total. The van der Waals surface area contributed by atoms with E-state index in [1.807, 2.05) is 0 Å². The monoisotopic (exact) mass is 341 g/mol. The maximum absolute atomic E-state index is 11.7. The molecule has 2 rings (SSSR count). The quantitative estimate of drug-likeness (QED) is 0.372. The van der Waals surface area contributed by atoms with Gasteiger partial charge in [-0.3, -0.25) is 4.79 Å². The molecule has 1 aromatic rings. The Balaban J connectivity index is 1.77. The summed E-state index contributed by atoms with van der Waals surface area (Å²) >= 11 is 0. The molecule has 1 aliphatic rings. The van der Waals surface area contributed by atoms with Gasteiger partial charge < -0.3 is 4.90 Å². The van der Waals surface area contributed by atoms with Crippen LogP contribution in [0.1, 0.15) is 82.6 Å². The fourth-order valence-electron chi connectivity index (χ4n) is 4.06. The first kappa shape index (κ1) is 19.8. The average Bonchev–Trinajstić information content (AvgIpc) is 2.67. The lowest BCUT2D eigenvalue weighted by molar-refractivity contribution is -0.113. The lowest BCUT2D eigenvalue weighted by Gasteiger charge is -2.29. The van der Waals surface area contributed by atoms with E-state index in [9.17, 15) is 4.79 Å². The van der Waals surface area contributed by atoms with Crippen molar-refractivity contribution in [3.63, 3.8) is 0 Å². The fraction of sp³-hybridized carbons (Fsp3) is 0.609. The van der Waals surface area contributed by atoms with Gasteiger partial charge in [0, 0.05) is 12.7 Å². The summed E-state index contributed by atoms with van der Waals surface area (Å²) in [6, 6.07) is 8.54. The minimum absolute atomic E-state index is 0.0628. The van der Waals surface area contributed by atoms with Gasteiger partial charge in [0.25, 0.3) is 0 Å². The molecule has 1 fully saturated rings. The van der Waals surface area contributed by atoms with Crippen LogP contribution in [0.5, 0.6) is 0 Å². The van der Waals surface area contributed by atoms with Gasteiger partial charge >= 0.3 is 0 Å². The fourth-order valence-corrected chi connectivity index (χ4v) is 4.06. The molecule has 2 heteroatoms. The zero-order chi connectivity index (χ0) is 18.1. The molecule has 1 aromatic carbocycles. The number of likely N-dealkylation sites (N-methyl/N-ethyl adjacent to an activating group) is 1. The summed E-state index contributed by atoms with van der Waals surface area (Å²) in [5.74, 6) is 1.59. The van der Waals surface area contributed by atoms with E-state index >= 15 is 0 Å². The summed E-state index contributed by atoms with van der Waals surface area (Å²) in [6.45, 7) is 5.83. The van der Waals surface area contributed by atoms with Crippen LogP contribution in [-0.4, -0.2) is 13.0 Å². The third-order valence-corrected chi connectivity index (χ3v) is 5.82. The molecule has 0 atom stereocenters. The Hall–Kier alpha value is -1.57. The van der Waals surface area contributed by atoms with Crippen LogP contribution in [0.4, 0.5) is 5.69 Å². The molecular weight excluding hydrogens is 306 g/mol. The van der Waals surface area contributed by atoms with E-state index in [4.69, 9.17) is 0 Å². The molecule has 1 aliphatic carbocycles. The summed E-state index contributed by atoms with van der Waals surface area (Å²) in [5, 5.41) is 0. The predicted octanol–water partition coefficient (Wildman–Crippen LogP) is 6.47. The van der Waals surface area contributed by atoms with E-state index in [-0.39, 0.29) is 5.91 Å². The van der Waals surface area contributed by atoms with Crippen molar-refractivity contribution >= 4 is 11.6 Å². The zero-order valence-corrected chi connectivity index (χ0v) is 16.2. The molecule has 138 valence electrons. The van der Waals surface area contributed by atoms with Crippen molar-refractivity contribution in [1.82, 2.24) is 0 Å². The van der Waals surface area contributed by atoms with Crippen molar-refractivity contribution in [2.45, 2.75) is 77.0 Å². The van der Waals surface area contributed by atoms with E-state index in [1.54, 1.807) is 11.9 Å². The molecule has 2 nitrogen and oxygen atoms in total. The third kappa shape index (κ3) is 6.02. The molecule has 1 saturated carbocycles. The normalized spacial score (nSPS) is 20.2. The maximum Gasteiger partial charge on any atom is 0.250 e. The number of amides is 1. The van der Waals surface area contributed by atoms with E-state index in [0.717, 1.165) is 11.6 Å². The van der Waals surface area contributed by atoms with E-state index in [2.05, 4.69) is 37.8 Å². The van der Waals surface area contributed by atoms with Gasteiger partial charge in [-0.2, -0.15) is 0 Å². The first-order valence-corrected chi connectivity index (χ1v) is 10.2. The zero-order valence-electron chi connectivity index (χ0n) is 16.2. The number of benzene rings is 1. The number of carbonyl (C=O) groups excluding carboxylic acids is 1. The lowest BCUT2D eigenvalue weighted by Crippen LogP contribution is -2.23. The SMILES string of the molecule is C=CC(=O)N(C)c1ccc(C2CCC(CCCCCCC)CC2)cc1. The Morgan fingerprint density at radius 3 is 2.32 bits per heavy atom. The third-order valence-electron chi connectivity index (χ3n) is 5.82. The van der Waals surface area contributed by atoms with E-state index in [1.165, 1.54) is 75.8 Å². The number of unbranched alkanes of at least 4 members (excludes halogenated alkanes) is 4. The molecular formula is C23H35NO. The second kappa shape index (κ2) is 10.4. The Morgan fingerprint density at radius 2 is 1.72 bits per heavy atom. The Bertz CT molecular complexity index is 526. The van der Waals surface area contributed by atoms with Gasteiger partial charge in [-0.25, -0.2) is 0 Å². The smallest absolute Gasteiger partial charge is 0.250 e. The summed E-state index contributed by atoms with van der Waals surface area (Å²) in [7, 11) is 1.80. The number of hydrogen-bond acceptors (Lipinski definition) is 1. The van der Waals surface area contributed by atoms with Gasteiger partial charge in [0.15, 0.2) is 0 Å². The van der Waals surface area contributed by atoms with Crippen molar-refractivity contribution in [3.8, 4) is 0 Å². The van der Waals surface area contributed by atoms with Crippen LogP contribution < -0.4 is 4.90 Å². The number of anilines is 1. The molecule has 0 bridgehead atoms. The van der Waals surface area contributed by atoms with Crippen molar-refractivity contribution in [1.29, 1.82) is 0 Å². The topological polar surface area (TPSA) is 20.3 Å². The van der Waals surface area contributed by atoms with Crippen LogP contribution in [0.25, 0.3) is 0 Å². The highest BCUT2D eigenvalue weighted by atomic mass is 16.2. The minimum Gasteiger partial charge on any atom is -0.312 e. The number of nitrogens with zero attached hydrogens (tertiary/aromatic N) is 1. The second-order valence-corrected chi connectivity index (χ2v) is 7.61. The summed E-state index contributed by atoms with van der Waals surface area (Å²) < 4.78 is 0. The first-order valence-electron chi connectivity index (χ1n) is 10.2. The van der Waals surface area contributed by atoms with Gasteiger partial charge in [-0.15, -0.1) is 0 Å². The van der Waals surface area contributed by atoms with Crippen molar-refractivity contribution in [2.24, 2.45) is 5.92 Å². The number of hydrogen-bond donors (Lipinski definition) is 0. The number of carbonyl (C=O) groups is 1.